The molecule has 0 aromatic rings. The van der Waals surface area contributed by atoms with E-state index in [0.29, 0.717) is 12.2 Å². The van der Waals surface area contributed by atoms with Crippen LogP contribution >= 0.6 is 7.82 Å². The zero-order valence-corrected chi connectivity index (χ0v) is 10.4. The second kappa shape index (κ2) is 9.54. The molecule has 0 aliphatic rings. The molecular formula is C9H19O6P. The summed E-state index contributed by atoms with van der Waals surface area (Å²) in [5.41, 5.74) is 0.584. The van der Waals surface area contributed by atoms with E-state index in [1.807, 2.05) is 13.8 Å². The minimum Gasteiger partial charge on any atom is -0.462 e. The van der Waals surface area contributed by atoms with Gasteiger partial charge in [-0.3, -0.25) is 0 Å². The Morgan fingerprint density at radius 3 is 2.00 bits per heavy atom. The lowest BCUT2D eigenvalue weighted by Crippen LogP contribution is -2.07. The SMILES string of the molecule is C=C(CCC)C(=O)OCCC.O=P(O)(O)O. The van der Waals surface area contributed by atoms with Crippen molar-refractivity contribution < 1.29 is 28.8 Å². The van der Waals surface area contributed by atoms with E-state index >= 15 is 0 Å². The summed E-state index contributed by atoms with van der Waals surface area (Å²) in [5, 5.41) is 0. The largest absolute Gasteiger partial charge is 0.466 e. The summed E-state index contributed by atoms with van der Waals surface area (Å²) in [6.07, 6.45) is 2.55. The highest BCUT2D eigenvalue weighted by atomic mass is 31.2. The summed E-state index contributed by atoms with van der Waals surface area (Å²) in [4.78, 5) is 32.5. The van der Waals surface area contributed by atoms with Gasteiger partial charge in [0.1, 0.15) is 0 Å². The summed E-state index contributed by atoms with van der Waals surface area (Å²) in [6.45, 7) is 8.10. The number of esters is 1. The van der Waals surface area contributed by atoms with Crippen LogP contribution in [-0.2, 0) is 14.1 Å². The fourth-order valence-electron chi connectivity index (χ4n) is 0.701. The fourth-order valence-corrected chi connectivity index (χ4v) is 0.701. The number of phosphoric acid groups is 1. The molecule has 0 saturated carbocycles. The van der Waals surface area contributed by atoms with Crippen molar-refractivity contribution in [1.82, 2.24) is 0 Å². The van der Waals surface area contributed by atoms with Gasteiger partial charge in [0.15, 0.2) is 0 Å². The first-order valence-electron chi connectivity index (χ1n) is 4.85. The summed E-state index contributed by atoms with van der Waals surface area (Å²) in [5.74, 6) is -0.242. The van der Waals surface area contributed by atoms with E-state index in [9.17, 15) is 4.79 Å². The first-order chi connectivity index (χ1) is 7.22. The van der Waals surface area contributed by atoms with Gasteiger partial charge in [-0.15, -0.1) is 0 Å². The Hall–Kier alpha value is -0.680. The standard InChI is InChI=1S/C9H16O2.H3O4P/c1-4-6-8(3)9(10)11-7-5-2;1-5(2,3)4/h3-7H2,1-2H3;(H3,1,2,3,4). The number of hydrogen-bond acceptors (Lipinski definition) is 3. The summed E-state index contributed by atoms with van der Waals surface area (Å²) in [7, 11) is -4.64. The second-order valence-corrected chi connectivity index (χ2v) is 4.03. The zero-order valence-electron chi connectivity index (χ0n) is 9.55. The minimum atomic E-state index is -4.64. The average Bonchev–Trinajstić information content (AvgIpc) is 2.11. The fraction of sp³-hybridized carbons (Fsp3) is 0.667. The molecule has 96 valence electrons. The van der Waals surface area contributed by atoms with E-state index in [-0.39, 0.29) is 5.97 Å². The van der Waals surface area contributed by atoms with Crippen molar-refractivity contribution >= 4 is 13.8 Å². The van der Waals surface area contributed by atoms with Gasteiger partial charge in [0.25, 0.3) is 0 Å². The molecule has 7 heteroatoms. The van der Waals surface area contributed by atoms with Crippen LogP contribution < -0.4 is 0 Å². The van der Waals surface area contributed by atoms with Crippen LogP contribution in [0.2, 0.25) is 0 Å². The number of hydrogen-bond donors (Lipinski definition) is 3. The van der Waals surface area contributed by atoms with Gasteiger partial charge in [-0.2, -0.15) is 0 Å². The van der Waals surface area contributed by atoms with E-state index in [4.69, 9.17) is 24.0 Å². The molecule has 0 heterocycles. The van der Waals surface area contributed by atoms with Crippen LogP contribution in [0.3, 0.4) is 0 Å². The Morgan fingerprint density at radius 2 is 1.69 bits per heavy atom. The van der Waals surface area contributed by atoms with Crippen molar-refractivity contribution in [3.05, 3.63) is 12.2 Å². The molecular weight excluding hydrogens is 235 g/mol. The van der Waals surface area contributed by atoms with Crippen LogP contribution in [0.5, 0.6) is 0 Å². The van der Waals surface area contributed by atoms with Crippen LogP contribution in [0.4, 0.5) is 0 Å². The quantitative estimate of drug-likeness (QED) is 0.389. The molecule has 0 aromatic carbocycles. The lowest BCUT2D eigenvalue weighted by Gasteiger charge is -2.03. The average molecular weight is 254 g/mol. The maximum absolute atomic E-state index is 11.0. The first kappa shape index (κ1) is 17.7. The molecule has 0 aliphatic heterocycles. The molecule has 0 fully saturated rings. The molecule has 0 bridgehead atoms. The van der Waals surface area contributed by atoms with Gasteiger partial charge in [0, 0.05) is 5.57 Å². The summed E-state index contributed by atoms with van der Waals surface area (Å²) < 4.78 is 13.7. The summed E-state index contributed by atoms with van der Waals surface area (Å²) >= 11 is 0. The maximum Gasteiger partial charge on any atom is 0.466 e. The van der Waals surface area contributed by atoms with Gasteiger partial charge >= 0.3 is 13.8 Å². The molecule has 0 atom stereocenters. The molecule has 0 amide bonds. The van der Waals surface area contributed by atoms with Gasteiger partial charge in [-0.05, 0) is 12.8 Å². The molecule has 16 heavy (non-hydrogen) atoms. The van der Waals surface area contributed by atoms with E-state index in [0.717, 1.165) is 19.3 Å². The first-order valence-corrected chi connectivity index (χ1v) is 6.42. The molecule has 0 aliphatic carbocycles. The molecule has 6 nitrogen and oxygen atoms in total. The van der Waals surface area contributed by atoms with Crippen molar-refractivity contribution in [1.29, 1.82) is 0 Å². The number of ether oxygens (including phenoxy) is 1. The van der Waals surface area contributed by atoms with Gasteiger partial charge < -0.3 is 19.4 Å². The third-order valence-electron chi connectivity index (χ3n) is 1.28. The smallest absolute Gasteiger partial charge is 0.462 e. The Bertz CT molecular complexity index is 248. The van der Waals surface area contributed by atoms with Crippen LogP contribution in [0.15, 0.2) is 12.2 Å². The lowest BCUT2D eigenvalue weighted by molar-refractivity contribution is -0.139. The predicted molar refractivity (Wildman–Crippen MR) is 59.6 cm³/mol. The van der Waals surface area contributed by atoms with Gasteiger partial charge in [0.05, 0.1) is 6.61 Å². The third-order valence-corrected chi connectivity index (χ3v) is 1.28. The van der Waals surface area contributed by atoms with Crippen molar-refractivity contribution in [2.75, 3.05) is 6.61 Å². The topological polar surface area (TPSA) is 104 Å². The van der Waals surface area contributed by atoms with Crippen molar-refractivity contribution in [3.63, 3.8) is 0 Å². The van der Waals surface area contributed by atoms with Crippen LogP contribution in [0.25, 0.3) is 0 Å². The minimum absolute atomic E-state index is 0.242. The third kappa shape index (κ3) is 19.0. The van der Waals surface area contributed by atoms with Gasteiger partial charge in [0.2, 0.25) is 0 Å². The van der Waals surface area contributed by atoms with Crippen molar-refractivity contribution in [2.24, 2.45) is 0 Å². The Kier molecular flexibility index (Phi) is 10.6. The molecule has 0 saturated heterocycles. The van der Waals surface area contributed by atoms with Gasteiger partial charge in [-0.25, -0.2) is 9.36 Å². The maximum atomic E-state index is 11.0. The van der Waals surface area contributed by atoms with Gasteiger partial charge in [-0.1, -0.05) is 26.8 Å². The predicted octanol–water partition coefficient (Wildman–Crippen LogP) is 1.37. The highest BCUT2D eigenvalue weighted by Gasteiger charge is 2.05. The number of carbonyl (C=O) groups is 1. The summed E-state index contributed by atoms with van der Waals surface area (Å²) in [6, 6.07) is 0. The molecule has 0 rings (SSSR count). The second-order valence-electron chi connectivity index (χ2n) is 3.00. The lowest BCUT2D eigenvalue weighted by atomic mass is 10.2. The molecule has 0 spiro atoms. The normalized spacial score (nSPS) is 10.1. The van der Waals surface area contributed by atoms with Crippen molar-refractivity contribution in [3.8, 4) is 0 Å². The van der Waals surface area contributed by atoms with Crippen molar-refractivity contribution in [2.45, 2.75) is 33.1 Å². The number of rotatable bonds is 5. The monoisotopic (exact) mass is 254 g/mol. The van der Waals surface area contributed by atoms with Crippen LogP contribution in [-0.4, -0.2) is 27.3 Å². The Balaban J connectivity index is 0. The van der Waals surface area contributed by atoms with Crippen LogP contribution in [0.1, 0.15) is 33.1 Å². The highest BCUT2D eigenvalue weighted by Crippen LogP contribution is 2.25. The molecule has 3 N–H and O–H groups in total. The van der Waals surface area contributed by atoms with E-state index < -0.39 is 7.82 Å². The molecule has 0 radical (unpaired) electrons. The van der Waals surface area contributed by atoms with Crippen LogP contribution in [0, 0.1) is 0 Å². The highest BCUT2D eigenvalue weighted by molar-refractivity contribution is 7.45. The molecule has 0 unspecified atom stereocenters. The Morgan fingerprint density at radius 1 is 1.25 bits per heavy atom. The van der Waals surface area contributed by atoms with E-state index in [1.165, 1.54) is 0 Å². The zero-order chi connectivity index (χ0) is 13.2. The molecule has 0 aromatic heterocycles. The number of carbonyl (C=O) groups excluding carboxylic acids is 1. The van der Waals surface area contributed by atoms with E-state index in [1.54, 1.807) is 0 Å². The Labute approximate surface area is 95.2 Å². The van der Waals surface area contributed by atoms with E-state index in [2.05, 4.69) is 6.58 Å².